The van der Waals surface area contributed by atoms with E-state index in [9.17, 15) is 8.42 Å². The van der Waals surface area contributed by atoms with E-state index in [1.165, 1.54) is 0 Å². The summed E-state index contributed by atoms with van der Waals surface area (Å²) in [5.41, 5.74) is 2.98. The lowest BCUT2D eigenvalue weighted by Crippen LogP contribution is -2.31. The van der Waals surface area contributed by atoms with E-state index in [0.717, 1.165) is 49.2 Å². The maximum atomic E-state index is 12.8. The molecule has 1 heterocycles. The Morgan fingerprint density at radius 2 is 1.85 bits per heavy atom. The maximum absolute atomic E-state index is 12.8. The molecule has 0 aliphatic carbocycles. The van der Waals surface area contributed by atoms with E-state index >= 15 is 0 Å². The third kappa shape index (κ3) is 7.39. The van der Waals surface area contributed by atoms with Gasteiger partial charge in [-0.1, -0.05) is 48.7 Å². The highest BCUT2D eigenvalue weighted by atomic mass is 35.5. The molecule has 2 aromatic rings. The van der Waals surface area contributed by atoms with E-state index < -0.39 is 10.0 Å². The molecule has 1 N–H and O–H groups in total. The highest BCUT2D eigenvalue weighted by molar-refractivity contribution is 7.89. The first-order valence-electron chi connectivity index (χ1n) is 11.2. The number of fused-ring (bicyclic) bond motifs is 1. The normalized spacial score (nSPS) is 16.7. The quantitative estimate of drug-likeness (QED) is 0.416. The van der Waals surface area contributed by atoms with Crippen LogP contribution in [0.5, 0.6) is 0 Å². The van der Waals surface area contributed by atoms with E-state index in [4.69, 9.17) is 32.7 Å². The Kier molecular flexibility index (Phi) is 10.0. The number of halogens is 2. The fraction of sp³-hybridized carbons (Fsp3) is 0.500. The van der Waals surface area contributed by atoms with Crippen molar-refractivity contribution in [1.29, 1.82) is 0 Å². The zero-order valence-electron chi connectivity index (χ0n) is 19.1. The summed E-state index contributed by atoms with van der Waals surface area (Å²) in [6, 6.07) is 10.7. The van der Waals surface area contributed by atoms with Crippen molar-refractivity contribution in [2.75, 3.05) is 46.6 Å². The number of likely N-dealkylation sites (N-methyl/N-ethyl adjacent to an activating group) is 1. The monoisotopic (exact) mass is 514 g/mol. The van der Waals surface area contributed by atoms with Crippen LogP contribution in [-0.4, -0.2) is 59.9 Å². The summed E-state index contributed by atoms with van der Waals surface area (Å²) in [6.45, 7) is 5.75. The van der Waals surface area contributed by atoms with Crippen LogP contribution in [0.25, 0.3) is 0 Å². The van der Waals surface area contributed by atoms with Crippen LogP contribution >= 0.6 is 23.2 Å². The molecule has 1 aliphatic rings. The molecule has 6 nitrogen and oxygen atoms in total. The van der Waals surface area contributed by atoms with Crippen molar-refractivity contribution in [3.05, 3.63) is 63.1 Å². The van der Waals surface area contributed by atoms with E-state index in [2.05, 4.69) is 16.5 Å². The van der Waals surface area contributed by atoms with Crippen LogP contribution in [0.15, 0.2) is 41.3 Å². The summed E-state index contributed by atoms with van der Waals surface area (Å²) in [4.78, 5) is 2.40. The molecule has 0 radical (unpaired) electrons. The molecule has 1 aliphatic heterocycles. The molecule has 0 saturated carbocycles. The zero-order chi connectivity index (χ0) is 23.8. The van der Waals surface area contributed by atoms with Gasteiger partial charge < -0.3 is 14.4 Å². The first kappa shape index (κ1) is 26.4. The predicted molar refractivity (Wildman–Crippen MR) is 133 cm³/mol. The zero-order valence-corrected chi connectivity index (χ0v) is 21.5. The Labute approximate surface area is 207 Å². The lowest BCUT2D eigenvalue weighted by atomic mass is 9.85. The Morgan fingerprint density at radius 3 is 2.61 bits per heavy atom. The van der Waals surface area contributed by atoms with Gasteiger partial charge in [0.1, 0.15) is 0 Å². The topological polar surface area (TPSA) is 67.9 Å². The smallest absolute Gasteiger partial charge is 0.240 e. The Hall–Kier alpha value is -1.19. The molecule has 0 saturated heterocycles. The Morgan fingerprint density at radius 1 is 1.09 bits per heavy atom. The number of ether oxygens (including phenoxy) is 2. The van der Waals surface area contributed by atoms with Crippen molar-refractivity contribution in [2.45, 2.75) is 37.1 Å². The molecular weight excluding hydrogens is 483 g/mol. The standard InChI is InChI=1S/C24H32Cl2N2O4S/c1-3-4-9-31-11-12-32-10-8-27-33(29,30)20-7-5-6-18(13-20)22-16-28(2)17-23-21(22)14-19(25)15-24(23)26/h5-7,13-15,22,27H,3-4,8-12,16-17H2,1-2H3/t22-/m0/s1. The fourth-order valence-electron chi connectivity index (χ4n) is 3.93. The van der Waals surface area contributed by atoms with Crippen molar-refractivity contribution < 1.29 is 17.9 Å². The summed E-state index contributed by atoms with van der Waals surface area (Å²) in [6.07, 6.45) is 2.12. The molecule has 3 rings (SSSR count). The van der Waals surface area contributed by atoms with E-state index in [-0.39, 0.29) is 24.0 Å². The lowest BCUT2D eigenvalue weighted by molar-refractivity contribution is 0.0489. The number of benzene rings is 2. The van der Waals surface area contributed by atoms with Gasteiger partial charge in [0.15, 0.2) is 0 Å². The summed E-state index contributed by atoms with van der Waals surface area (Å²) >= 11 is 12.7. The van der Waals surface area contributed by atoms with Crippen molar-refractivity contribution >= 4 is 33.2 Å². The number of unbranched alkanes of at least 4 members (excludes halogenated alkanes) is 1. The number of hydrogen-bond acceptors (Lipinski definition) is 5. The Balaban J connectivity index is 1.64. The van der Waals surface area contributed by atoms with Gasteiger partial charge in [-0.2, -0.15) is 0 Å². The molecule has 0 unspecified atom stereocenters. The van der Waals surface area contributed by atoms with Gasteiger partial charge >= 0.3 is 0 Å². The Bertz CT molecular complexity index is 1030. The van der Waals surface area contributed by atoms with Crippen molar-refractivity contribution in [3.63, 3.8) is 0 Å². The second kappa shape index (κ2) is 12.5. The second-order valence-electron chi connectivity index (χ2n) is 8.25. The van der Waals surface area contributed by atoms with Gasteiger partial charge in [-0.05, 0) is 54.4 Å². The van der Waals surface area contributed by atoms with Gasteiger partial charge in [0, 0.05) is 42.2 Å². The summed E-state index contributed by atoms with van der Waals surface area (Å²) in [5.74, 6) is -0.0267. The minimum atomic E-state index is -3.66. The maximum Gasteiger partial charge on any atom is 0.240 e. The van der Waals surface area contributed by atoms with Crippen molar-refractivity contribution in [1.82, 2.24) is 9.62 Å². The van der Waals surface area contributed by atoms with Crippen molar-refractivity contribution in [3.8, 4) is 0 Å². The summed E-state index contributed by atoms with van der Waals surface area (Å²) < 4.78 is 39.2. The molecule has 9 heteroatoms. The average molecular weight is 516 g/mol. The lowest BCUT2D eigenvalue weighted by Gasteiger charge is -2.33. The minimum absolute atomic E-state index is 0.0267. The SMILES string of the molecule is CCCCOCCOCCNS(=O)(=O)c1cccc([C@@H]2CN(C)Cc3c(Cl)cc(Cl)cc32)c1. The third-order valence-electron chi connectivity index (χ3n) is 5.62. The number of sulfonamides is 1. The first-order valence-corrected chi connectivity index (χ1v) is 13.5. The molecule has 0 bridgehead atoms. The number of nitrogens with one attached hydrogen (secondary N) is 1. The van der Waals surface area contributed by atoms with Gasteiger partial charge in [0.05, 0.1) is 24.7 Å². The summed E-state index contributed by atoms with van der Waals surface area (Å²) in [7, 11) is -1.63. The van der Waals surface area contributed by atoms with Gasteiger partial charge in [-0.3, -0.25) is 0 Å². The fourth-order valence-corrected chi connectivity index (χ4v) is 5.57. The molecule has 0 fully saturated rings. The van der Waals surface area contributed by atoms with E-state index in [1.54, 1.807) is 24.3 Å². The molecule has 0 spiro atoms. The van der Waals surface area contributed by atoms with Crippen LogP contribution in [0.2, 0.25) is 10.0 Å². The van der Waals surface area contributed by atoms with Crippen LogP contribution < -0.4 is 4.72 Å². The van der Waals surface area contributed by atoms with Crippen LogP contribution in [0.4, 0.5) is 0 Å². The molecule has 0 aromatic heterocycles. The molecular formula is C24H32Cl2N2O4S. The van der Waals surface area contributed by atoms with Crippen LogP contribution in [0, 0.1) is 0 Å². The minimum Gasteiger partial charge on any atom is -0.379 e. The highest BCUT2D eigenvalue weighted by Crippen LogP contribution is 2.38. The van der Waals surface area contributed by atoms with E-state index in [0.29, 0.717) is 23.3 Å². The molecule has 0 amide bonds. The second-order valence-corrected chi connectivity index (χ2v) is 10.9. The molecule has 2 aromatic carbocycles. The molecule has 33 heavy (non-hydrogen) atoms. The molecule has 182 valence electrons. The predicted octanol–water partition coefficient (Wildman–Crippen LogP) is 4.68. The van der Waals surface area contributed by atoms with Crippen LogP contribution in [0.3, 0.4) is 0 Å². The van der Waals surface area contributed by atoms with E-state index in [1.807, 2.05) is 19.2 Å². The van der Waals surface area contributed by atoms with Crippen molar-refractivity contribution in [2.24, 2.45) is 0 Å². The van der Waals surface area contributed by atoms with Gasteiger partial charge in [-0.15, -0.1) is 0 Å². The van der Waals surface area contributed by atoms with Gasteiger partial charge in [0.2, 0.25) is 10.0 Å². The first-order chi connectivity index (χ1) is 15.8. The van der Waals surface area contributed by atoms with Gasteiger partial charge in [0.25, 0.3) is 0 Å². The number of hydrogen-bond donors (Lipinski definition) is 1. The van der Waals surface area contributed by atoms with Crippen LogP contribution in [-0.2, 0) is 26.0 Å². The number of nitrogens with zero attached hydrogens (tertiary/aromatic N) is 1. The highest BCUT2D eigenvalue weighted by Gasteiger charge is 2.28. The van der Waals surface area contributed by atoms with Gasteiger partial charge in [-0.25, -0.2) is 13.1 Å². The largest absolute Gasteiger partial charge is 0.379 e. The van der Waals surface area contributed by atoms with Crippen LogP contribution in [0.1, 0.15) is 42.4 Å². The third-order valence-corrected chi connectivity index (χ3v) is 7.63. The molecule has 1 atom stereocenters. The number of rotatable bonds is 12. The summed E-state index contributed by atoms with van der Waals surface area (Å²) in [5, 5.41) is 1.21. The average Bonchev–Trinajstić information content (AvgIpc) is 2.78.